The standard InChI is InChI=1S/C21H20BrFO6S/c1-11-10-14(27-3)8-9-15(11)20(25)29-21-17(16(23)18(22)30-21)28-19(24)12-4-6-13(26-2)7-5-12/h4-10,16-18,21H,1-3H3/t16-,17-,18-,21+/m0/s1. The largest absolute Gasteiger partial charge is 0.497 e. The van der Waals surface area contributed by atoms with E-state index >= 15 is 0 Å². The Bertz CT molecular complexity index is 922. The molecular weight excluding hydrogens is 479 g/mol. The number of aryl methyl sites for hydroxylation is 1. The normalized spacial score (nSPS) is 23.0. The predicted octanol–water partition coefficient (Wildman–Crippen LogP) is 4.53. The molecule has 1 fully saturated rings. The van der Waals surface area contributed by atoms with Crippen molar-refractivity contribution in [3.05, 3.63) is 59.2 Å². The lowest BCUT2D eigenvalue weighted by molar-refractivity contribution is -0.0265. The molecule has 160 valence electrons. The maximum absolute atomic E-state index is 14.7. The smallest absolute Gasteiger partial charge is 0.339 e. The predicted molar refractivity (Wildman–Crippen MR) is 114 cm³/mol. The number of benzene rings is 2. The zero-order valence-electron chi connectivity index (χ0n) is 16.5. The summed E-state index contributed by atoms with van der Waals surface area (Å²) in [7, 11) is 3.04. The Labute approximate surface area is 186 Å². The van der Waals surface area contributed by atoms with Crippen molar-refractivity contribution in [3.8, 4) is 11.5 Å². The molecule has 1 aliphatic rings. The second kappa shape index (κ2) is 9.70. The summed E-state index contributed by atoms with van der Waals surface area (Å²) in [6.07, 6.45) is -2.80. The molecule has 0 saturated carbocycles. The van der Waals surface area contributed by atoms with E-state index < -0.39 is 33.8 Å². The van der Waals surface area contributed by atoms with Crippen LogP contribution in [0, 0.1) is 6.92 Å². The molecule has 0 bridgehead atoms. The summed E-state index contributed by atoms with van der Waals surface area (Å²) in [5.41, 5.74) is 0.217. The van der Waals surface area contributed by atoms with Crippen LogP contribution in [0.5, 0.6) is 11.5 Å². The van der Waals surface area contributed by atoms with Crippen LogP contribution in [0.1, 0.15) is 26.3 Å². The Hall–Kier alpha value is -2.26. The van der Waals surface area contributed by atoms with Gasteiger partial charge in [0.25, 0.3) is 0 Å². The van der Waals surface area contributed by atoms with Gasteiger partial charge in [-0.15, -0.1) is 0 Å². The summed E-state index contributed by atoms with van der Waals surface area (Å²) in [4.78, 5) is 25.1. The van der Waals surface area contributed by atoms with Crippen LogP contribution >= 0.6 is 27.7 Å². The number of rotatable bonds is 6. The van der Waals surface area contributed by atoms with Gasteiger partial charge in [-0.05, 0) is 55.0 Å². The highest BCUT2D eigenvalue weighted by molar-refractivity contribution is 9.11. The first-order valence-electron chi connectivity index (χ1n) is 8.98. The molecule has 1 aliphatic heterocycles. The number of thioether (sulfide) groups is 1. The van der Waals surface area contributed by atoms with Gasteiger partial charge in [-0.1, -0.05) is 27.7 Å². The molecule has 0 radical (unpaired) electrons. The van der Waals surface area contributed by atoms with E-state index in [9.17, 15) is 14.0 Å². The molecule has 0 unspecified atom stereocenters. The van der Waals surface area contributed by atoms with Gasteiger partial charge in [0.05, 0.1) is 29.5 Å². The van der Waals surface area contributed by atoms with Crippen LogP contribution in [-0.2, 0) is 9.47 Å². The molecule has 3 rings (SSSR count). The zero-order chi connectivity index (χ0) is 21.8. The van der Waals surface area contributed by atoms with Crippen LogP contribution in [-0.4, -0.2) is 48.0 Å². The van der Waals surface area contributed by atoms with Gasteiger partial charge >= 0.3 is 11.9 Å². The van der Waals surface area contributed by atoms with Crippen LogP contribution in [0.4, 0.5) is 4.39 Å². The van der Waals surface area contributed by atoms with E-state index in [1.54, 1.807) is 37.3 Å². The number of halogens is 2. The Morgan fingerprint density at radius 3 is 2.20 bits per heavy atom. The van der Waals surface area contributed by atoms with Gasteiger partial charge in [-0.3, -0.25) is 0 Å². The van der Waals surface area contributed by atoms with Crippen LogP contribution in [0.2, 0.25) is 0 Å². The second-order valence-corrected chi connectivity index (χ2v) is 9.32. The van der Waals surface area contributed by atoms with E-state index in [4.69, 9.17) is 18.9 Å². The van der Waals surface area contributed by atoms with E-state index in [-0.39, 0.29) is 5.56 Å². The average Bonchev–Trinajstić information content (AvgIpc) is 3.00. The highest BCUT2D eigenvalue weighted by Gasteiger charge is 2.48. The lowest BCUT2D eigenvalue weighted by Crippen LogP contribution is -2.36. The molecule has 0 N–H and O–H groups in total. The number of alkyl halides is 2. The molecule has 4 atom stereocenters. The van der Waals surface area contributed by atoms with Crippen molar-refractivity contribution in [2.45, 2.75) is 28.8 Å². The Morgan fingerprint density at radius 2 is 1.60 bits per heavy atom. The Kier molecular flexibility index (Phi) is 7.25. The zero-order valence-corrected chi connectivity index (χ0v) is 18.9. The summed E-state index contributed by atoms with van der Waals surface area (Å²) in [5, 5.41) is 0. The van der Waals surface area contributed by atoms with Crippen molar-refractivity contribution < 1.29 is 32.9 Å². The average molecular weight is 499 g/mol. The molecule has 2 aromatic carbocycles. The maximum Gasteiger partial charge on any atom is 0.339 e. The number of carbonyl (C=O) groups excluding carboxylic acids is 2. The number of esters is 2. The fourth-order valence-electron chi connectivity index (χ4n) is 2.88. The summed E-state index contributed by atoms with van der Waals surface area (Å²) in [6, 6.07) is 11.2. The van der Waals surface area contributed by atoms with Crippen LogP contribution in [0.25, 0.3) is 0 Å². The fourth-order valence-corrected chi connectivity index (χ4v) is 4.88. The molecule has 0 aliphatic carbocycles. The van der Waals surface area contributed by atoms with Crippen LogP contribution in [0.15, 0.2) is 42.5 Å². The molecule has 6 nitrogen and oxygen atoms in total. The number of ether oxygens (including phenoxy) is 4. The van der Waals surface area contributed by atoms with E-state index in [0.717, 1.165) is 11.8 Å². The molecule has 2 aromatic rings. The van der Waals surface area contributed by atoms with Crippen molar-refractivity contribution in [3.63, 3.8) is 0 Å². The monoisotopic (exact) mass is 498 g/mol. The molecule has 30 heavy (non-hydrogen) atoms. The highest BCUT2D eigenvalue weighted by atomic mass is 79.9. The van der Waals surface area contributed by atoms with Crippen molar-refractivity contribution >= 4 is 39.6 Å². The Morgan fingerprint density at radius 1 is 0.967 bits per heavy atom. The topological polar surface area (TPSA) is 71.1 Å². The number of hydrogen-bond donors (Lipinski definition) is 0. The molecular formula is C21H20BrFO6S. The first-order chi connectivity index (χ1) is 14.3. The van der Waals surface area contributed by atoms with Gasteiger partial charge in [-0.25, -0.2) is 14.0 Å². The molecule has 1 heterocycles. The third-order valence-corrected chi connectivity index (χ3v) is 6.85. The quantitative estimate of drug-likeness (QED) is 0.428. The minimum Gasteiger partial charge on any atom is -0.497 e. The molecule has 0 amide bonds. The van der Waals surface area contributed by atoms with Gasteiger partial charge < -0.3 is 18.9 Å². The summed E-state index contributed by atoms with van der Waals surface area (Å²) < 4.78 is 35.1. The van der Waals surface area contributed by atoms with Gasteiger partial charge in [0.1, 0.15) is 11.5 Å². The van der Waals surface area contributed by atoms with Crippen LogP contribution in [0.3, 0.4) is 0 Å². The van der Waals surface area contributed by atoms with Crippen molar-refractivity contribution in [1.82, 2.24) is 0 Å². The van der Waals surface area contributed by atoms with Crippen molar-refractivity contribution in [2.75, 3.05) is 14.2 Å². The third-order valence-electron chi connectivity index (χ3n) is 4.54. The van der Waals surface area contributed by atoms with E-state index in [2.05, 4.69) is 15.9 Å². The summed E-state index contributed by atoms with van der Waals surface area (Å²) in [5.74, 6) is -0.162. The molecule has 1 saturated heterocycles. The summed E-state index contributed by atoms with van der Waals surface area (Å²) in [6.45, 7) is 1.74. The number of hydrogen-bond acceptors (Lipinski definition) is 7. The van der Waals surface area contributed by atoms with Gasteiger partial charge in [0.2, 0.25) is 0 Å². The lowest BCUT2D eigenvalue weighted by atomic mass is 10.1. The van der Waals surface area contributed by atoms with Gasteiger partial charge in [-0.2, -0.15) is 0 Å². The van der Waals surface area contributed by atoms with E-state index in [1.165, 1.54) is 26.4 Å². The highest BCUT2D eigenvalue weighted by Crippen LogP contribution is 2.42. The number of carbonyl (C=O) groups is 2. The minimum absolute atomic E-state index is 0.238. The first-order valence-corrected chi connectivity index (χ1v) is 10.8. The molecule has 9 heteroatoms. The second-order valence-electron chi connectivity index (χ2n) is 6.48. The maximum atomic E-state index is 14.7. The lowest BCUT2D eigenvalue weighted by Gasteiger charge is -2.21. The first kappa shape index (κ1) is 22.4. The van der Waals surface area contributed by atoms with Crippen molar-refractivity contribution in [2.24, 2.45) is 0 Å². The fraction of sp³-hybridized carbons (Fsp3) is 0.333. The molecule has 0 aromatic heterocycles. The minimum atomic E-state index is -1.55. The SMILES string of the molecule is COc1ccc(C(=O)O[C@H]2[C@H](F)[C@@H](Br)S[C@H]2OC(=O)c2ccc(OC)cc2C)cc1. The van der Waals surface area contributed by atoms with Crippen LogP contribution < -0.4 is 9.47 Å². The Balaban J connectivity index is 1.73. The third kappa shape index (κ3) is 4.89. The van der Waals surface area contributed by atoms with Gasteiger partial charge in [0, 0.05) is 0 Å². The number of methoxy groups -OCH3 is 2. The molecule has 0 spiro atoms. The van der Waals surface area contributed by atoms with E-state index in [0.29, 0.717) is 22.6 Å². The van der Waals surface area contributed by atoms with Gasteiger partial charge in [0.15, 0.2) is 17.7 Å². The van der Waals surface area contributed by atoms with E-state index in [1.807, 2.05) is 0 Å². The van der Waals surface area contributed by atoms with Crippen molar-refractivity contribution in [1.29, 1.82) is 0 Å². The summed E-state index contributed by atoms with van der Waals surface area (Å²) >= 11 is 4.24.